The first-order valence-corrected chi connectivity index (χ1v) is 6.49. The molecule has 1 aliphatic heterocycles. The van der Waals surface area contributed by atoms with Gasteiger partial charge in [-0.05, 0) is 43.9 Å². The van der Waals surface area contributed by atoms with Gasteiger partial charge in [0, 0.05) is 18.3 Å². The number of rotatable bonds is 3. The van der Waals surface area contributed by atoms with Crippen LogP contribution in [0.4, 0.5) is 10.1 Å². The van der Waals surface area contributed by atoms with Crippen LogP contribution in [-0.4, -0.2) is 24.5 Å². The third-order valence-electron chi connectivity index (χ3n) is 3.69. The van der Waals surface area contributed by atoms with Crippen molar-refractivity contribution >= 4 is 11.6 Å². The molecule has 1 unspecified atom stereocenters. The predicted molar refractivity (Wildman–Crippen MR) is 68.1 cm³/mol. The van der Waals surface area contributed by atoms with Gasteiger partial charge in [-0.1, -0.05) is 6.07 Å². The van der Waals surface area contributed by atoms with Gasteiger partial charge in [-0.25, -0.2) is 4.39 Å². The van der Waals surface area contributed by atoms with Crippen LogP contribution in [-0.2, 0) is 4.79 Å². The molecule has 1 saturated heterocycles. The molecule has 96 valence electrons. The molecule has 1 N–H and O–H groups in total. The first-order valence-electron chi connectivity index (χ1n) is 6.49. The lowest BCUT2D eigenvalue weighted by Crippen LogP contribution is -2.39. The molecule has 3 nitrogen and oxygen atoms in total. The van der Waals surface area contributed by atoms with Crippen molar-refractivity contribution in [3.63, 3.8) is 0 Å². The zero-order valence-corrected chi connectivity index (χ0v) is 10.4. The summed E-state index contributed by atoms with van der Waals surface area (Å²) in [5, 5.41) is 3.34. The summed E-state index contributed by atoms with van der Waals surface area (Å²) in [5.74, 6) is -0.177. The quantitative estimate of drug-likeness (QED) is 0.887. The van der Waals surface area contributed by atoms with Crippen molar-refractivity contribution in [3.8, 4) is 0 Å². The number of amides is 1. The molecule has 1 aliphatic carbocycles. The SMILES string of the molecule is Cc1ccc(N2CCC(NC3CC3)C2=O)cc1F. The largest absolute Gasteiger partial charge is 0.311 e. The predicted octanol–water partition coefficient (Wildman–Crippen LogP) is 1.99. The molecule has 18 heavy (non-hydrogen) atoms. The van der Waals surface area contributed by atoms with Gasteiger partial charge >= 0.3 is 0 Å². The van der Waals surface area contributed by atoms with Gasteiger partial charge in [0.2, 0.25) is 5.91 Å². The third-order valence-corrected chi connectivity index (χ3v) is 3.69. The van der Waals surface area contributed by atoms with Crippen molar-refractivity contribution in [3.05, 3.63) is 29.6 Å². The van der Waals surface area contributed by atoms with Crippen molar-refractivity contribution in [2.75, 3.05) is 11.4 Å². The number of hydrogen-bond acceptors (Lipinski definition) is 2. The standard InChI is InChI=1S/C14H17FN2O/c1-9-2-5-11(8-12(9)15)17-7-6-13(14(17)18)16-10-3-4-10/h2,5,8,10,13,16H,3-4,6-7H2,1H3. The second-order valence-corrected chi connectivity index (χ2v) is 5.21. The number of hydrogen-bond donors (Lipinski definition) is 1. The van der Waals surface area contributed by atoms with Crippen LogP contribution >= 0.6 is 0 Å². The lowest BCUT2D eigenvalue weighted by Gasteiger charge is -2.17. The zero-order valence-electron chi connectivity index (χ0n) is 10.4. The van der Waals surface area contributed by atoms with Gasteiger partial charge in [0.15, 0.2) is 0 Å². The van der Waals surface area contributed by atoms with E-state index in [4.69, 9.17) is 0 Å². The molecule has 0 bridgehead atoms. The Morgan fingerprint density at radius 2 is 2.11 bits per heavy atom. The maximum Gasteiger partial charge on any atom is 0.244 e. The maximum atomic E-state index is 13.5. The Morgan fingerprint density at radius 1 is 1.33 bits per heavy atom. The van der Waals surface area contributed by atoms with E-state index in [1.807, 2.05) is 6.07 Å². The highest BCUT2D eigenvalue weighted by Crippen LogP contribution is 2.26. The minimum atomic E-state index is -0.251. The van der Waals surface area contributed by atoms with Crippen molar-refractivity contribution in [2.45, 2.75) is 38.3 Å². The molecule has 4 heteroatoms. The number of carbonyl (C=O) groups is 1. The molecule has 2 aliphatic rings. The average Bonchev–Trinajstić information content (AvgIpc) is 3.09. The molecule has 1 atom stereocenters. The van der Waals surface area contributed by atoms with E-state index in [2.05, 4.69) is 5.32 Å². The summed E-state index contributed by atoms with van der Waals surface area (Å²) >= 11 is 0. The van der Waals surface area contributed by atoms with Crippen molar-refractivity contribution < 1.29 is 9.18 Å². The first kappa shape index (κ1) is 11.7. The molecule has 0 spiro atoms. The van der Waals surface area contributed by atoms with E-state index in [1.54, 1.807) is 17.9 Å². The number of benzene rings is 1. The van der Waals surface area contributed by atoms with E-state index in [-0.39, 0.29) is 17.8 Å². The number of anilines is 1. The summed E-state index contributed by atoms with van der Waals surface area (Å²) in [4.78, 5) is 13.9. The van der Waals surface area contributed by atoms with E-state index in [0.717, 1.165) is 6.42 Å². The van der Waals surface area contributed by atoms with Gasteiger partial charge in [-0.15, -0.1) is 0 Å². The molecule has 3 rings (SSSR count). The van der Waals surface area contributed by atoms with E-state index in [9.17, 15) is 9.18 Å². The van der Waals surface area contributed by atoms with E-state index in [1.165, 1.54) is 18.9 Å². The Morgan fingerprint density at radius 3 is 2.78 bits per heavy atom. The fraction of sp³-hybridized carbons (Fsp3) is 0.500. The Kier molecular flexibility index (Phi) is 2.82. The van der Waals surface area contributed by atoms with E-state index in [0.29, 0.717) is 23.8 Å². The van der Waals surface area contributed by atoms with Gasteiger partial charge in [-0.3, -0.25) is 4.79 Å². The Hall–Kier alpha value is -1.42. The van der Waals surface area contributed by atoms with Gasteiger partial charge in [0.05, 0.1) is 6.04 Å². The second-order valence-electron chi connectivity index (χ2n) is 5.21. The van der Waals surface area contributed by atoms with Crippen LogP contribution in [0.1, 0.15) is 24.8 Å². The first-order chi connectivity index (χ1) is 8.65. The van der Waals surface area contributed by atoms with Gasteiger partial charge in [0.1, 0.15) is 5.82 Å². The van der Waals surface area contributed by atoms with Crippen LogP contribution in [0.2, 0.25) is 0 Å². The summed E-state index contributed by atoms with van der Waals surface area (Å²) in [6, 6.07) is 5.43. The highest BCUT2D eigenvalue weighted by molar-refractivity contribution is 5.99. The smallest absolute Gasteiger partial charge is 0.244 e. The normalized spacial score (nSPS) is 23.8. The van der Waals surface area contributed by atoms with E-state index < -0.39 is 0 Å². The molecular weight excluding hydrogens is 231 g/mol. The molecule has 1 amide bonds. The molecule has 2 fully saturated rings. The van der Waals surface area contributed by atoms with Crippen molar-refractivity contribution in [2.24, 2.45) is 0 Å². The minimum absolute atomic E-state index is 0.0742. The van der Waals surface area contributed by atoms with Gasteiger partial charge in [-0.2, -0.15) is 0 Å². The van der Waals surface area contributed by atoms with E-state index >= 15 is 0 Å². The number of aryl methyl sites for hydroxylation is 1. The molecular formula is C14H17FN2O. The fourth-order valence-corrected chi connectivity index (χ4v) is 2.38. The Bertz CT molecular complexity index is 485. The Balaban J connectivity index is 1.76. The summed E-state index contributed by atoms with van der Waals surface area (Å²) in [6.45, 7) is 2.40. The lowest BCUT2D eigenvalue weighted by molar-refractivity contribution is -0.118. The van der Waals surface area contributed by atoms with Gasteiger partial charge in [0.25, 0.3) is 0 Å². The molecule has 1 aromatic carbocycles. The number of halogens is 1. The topological polar surface area (TPSA) is 32.3 Å². The summed E-state index contributed by atoms with van der Waals surface area (Å²) in [6.07, 6.45) is 3.15. The second kappa shape index (κ2) is 4.35. The zero-order chi connectivity index (χ0) is 12.7. The average molecular weight is 248 g/mol. The van der Waals surface area contributed by atoms with Crippen LogP contribution in [0, 0.1) is 12.7 Å². The molecule has 1 aromatic rings. The number of nitrogens with zero attached hydrogens (tertiary/aromatic N) is 1. The Labute approximate surface area is 106 Å². The van der Waals surface area contributed by atoms with Crippen LogP contribution in [0.15, 0.2) is 18.2 Å². The van der Waals surface area contributed by atoms with Crippen LogP contribution < -0.4 is 10.2 Å². The minimum Gasteiger partial charge on any atom is -0.311 e. The van der Waals surface area contributed by atoms with Crippen molar-refractivity contribution in [1.29, 1.82) is 0 Å². The number of nitrogens with one attached hydrogen (secondary N) is 1. The van der Waals surface area contributed by atoms with Crippen molar-refractivity contribution in [1.82, 2.24) is 5.32 Å². The van der Waals surface area contributed by atoms with Crippen LogP contribution in [0.5, 0.6) is 0 Å². The monoisotopic (exact) mass is 248 g/mol. The van der Waals surface area contributed by atoms with Crippen LogP contribution in [0.3, 0.4) is 0 Å². The summed E-state index contributed by atoms with van der Waals surface area (Å²) in [7, 11) is 0. The molecule has 1 heterocycles. The molecule has 0 aromatic heterocycles. The third kappa shape index (κ3) is 2.12. The summed E-state index contributed by atoms with van der Waals surface area (Å²) < 4.78 is 13.5. The maximum absolute atomic E-state index is 13.5. The van der Waals surface area contributed by atoms with Gasteiger partial charge < -0.3 is 10.2 Å². The fourth-order valence-electron chi connectivity index (χ4n) is 2.38. The van der Waals surface area contributed by atoms with Crippen LogP contribution in [0.25, 0.3) is 0 Å². The molecule has 0 radical (unpaired) electrons. The highest BCUT2D eigenvalue weighted by atomic mass is 19.1. The lowest BCUT2D eigenvalue weighted by atomic mass is 10.2. The summed E-state index contributed by atoms with van der Waals surface area (Å²) in [5.41, 5.74) is 1.28. The number of carbonyl (C=O) groups excluding carboxylic acids is 1. The highest BCUT2D eigenvalue weighted by Gasteiger charge is 2.36. The molecule has 1 saturated carbocycles.